The maximum Gasteiger partial charge on any atom is 0.322 e. The number of hydrogen-bond donors (Lipinski definition) is 3. The van der Waals surface area contributed by atoms with Crippen LogP contribution >= 0.6 is 0 Å². The van der Waals surface area contributed by atoms with Crippen molar-refractivity contribution in [1.82, 2.24) is 14.7 Å². The molecule has 3 N–H and O–H groups in total. The highest BCUT2D eigenvalue weighted by Gasteiger charge is 2.38. The van der Waals surface area contributed by atoms with Gasteiger partial charge in [0.1, 0.15) is 11.7 Å². The molecule has 0 aromatic carbocycles. The third-order valence-electron chi connectivity index (χ3n) is 3.53. The van der Waals surface area contributed by atoms with Crippen LogP contribution in [-0.4, -0.2) is 40.8 Å². The quantitative estimate of drug-likeness (QED) is 0.725. The van der Waals surface area contributed by atoms with E-state index in [1.165, 1.54) is 0 Å². The van der Waals surface area contributed by atoms with Crippen molar-refractivity contribution in [3.8, 4) is 0 Å². The van der Waals surface area contributed by atoms with Gasteiger partial charge in [-0.05, 0) is 30.5 Å². The molecule has 1 unspecified atom stereocenters. The van der Waals surface area contributed by atoms with Crippen molar-refractivity contribution in [3.05, 3.63) is 30.1 Å². The van der Waals surface area contributed by atoms with Gasteiger partial charge < -0.3 is 10.1 Å². The second-order valence-corrected chi connectivity index (χ2v) is 7.16. The molecule has 0 radical (unpaired) electrons. The molecule has 1 saturated carbocycles. The first-order valence-electron chi connectivity index (χ1n) is 6.62. The van der Waals surface area contributed by atoms with Gasteiger partial charge in [0.05, 0.1) is 5.25 Å². The number of H-pyrrole nitrogens is 1. The van der Waals surface area contributed by atoms with E-state index in [-0.39, 0.29) is 6.42 Å². The molecule has 1 fully saturated rings. The zero-order chi connectivity index (χ0) is 15.0. The normalized spacial score (nSPS) is 17.0. The number of aliphatic carboxylic acids is 1. The number of pyridine rings is 1. The Morgan fingerprint density at radius 1 is 1.52 bits per heavy atom. The summed E-state index contributed by atoms with van der Waals surface area (Å²) < 4.78 is 26.1. The van der Waals surface area contributed by atoms with Crippen LogP contribution in [0, 0.1) is 0 Å². The Hall–Kier alpha value is -1.93. The van der Waals surface area contributed by atoms with E-state index < -0.39 is 27.3 Å². The van der Waals surface area contributed by atoms with Gasteiger partial charge in [0.15, 0.2) is 0 Å². The van der Waals surface area contributed by atoms with Gasteiger partial charge in [0, 0.05) is 24.2 Å². The first-order chi connectivity index (χ1) is 9.97. The first kappa shape index (κ1) is 14.0. The molecule has 1 aliphatic carbocycles. The van der Waals surface area contributed by atoms with Crippen LogP contribution in [0.4, 0.5) is 0 Å². The summed E-state index contributed by atoms with van der Waals surface area (Å²) in [5, 5.41) is 9.62. The SMILES string of the molecule is O=C(O)C(Cc1c[nH]c2ncccc12)NS(=O)(=O)C1CC1. The van der Waals surface area contributed by atoms with Gasteiger partial charge in [-0.25, -0.2) is 18.1 Å². The molecule has 8 heteroatoms. The van der Waals surface area contributed by atoms with Crippen molar-refractivity contribution < 1.29 is 18.3 Å². The Labute approximate surface area is 121 Å². The molecule has 112 valence electrons. The van der Waals surface area contributed by atoms with Crippen molar-refractivity contribution in [1.29, 1.82) is 0 Å². The number of carboxylic acid groups (broad SMARTS) is 1. The molecule has 0 bridgehead atoms. The Balaban J connectivity index is 1.83. The van der Waals surface area contributed by atoms with E-state index >= 15 is 0 Å². The molecular weight excluding hydrogens is 294 g/mol. The topological polar surface area (TPSA) is 112 Å². The van der Waals surface area contributed by atoms with Crippen LogP contribution in [0.15, 0.2) is 24.5 Å². The third-order valence-corrected chi connectivity index (χ3v) is 5.49. The van der Waals surface area contributed by atoms with Gasteiger partial charge in [-0.1, -0.05) is 0 Å². The molecule has 2 heterocycles. The Morgan fingerprint density at radius 3 is 2.95 bits per heavy atom. The summed E-state index contributed by atoms with van der Waals surface area (Å²) in [6, 6.07) is 2.40. The fourth-order valence-electron chi connectivity index (χ4n) is 2.25. The lowest BCUT2D eigenvalue weighted by molar-refractivity contribution is -0.138. The van der Waals surface area contributed by atoms with E-state index in [4.69, 9.17) is 0 Å². The van der Waals surface area contributed by atoms with Crippen LogP contribution in [0.2, 0.25) is 0 Å². The number of carboxylic acids is 1. The van der Waals surface area contributed by atoms with Gasteiger partial charge in [0.25, 0.3) is 0 Å². The molecule has 3 rings (SSSR count). The highest BCUT2D eigenvalue weighted by Crippen LogP contribution is 2.28. The number of sulfonamides is 1. The number of hydrogen-bond acceptors (Lipinski definition) is 4. The zero-order valence-electron chi connectivity index (χ0n) is 11.1. The summed E-state index contributed by atoms with van der Waals surface area (Å²) in [5.41, 5.74) is 1.38. The fraction of sp³-hybridized carbons (Fsp3) is 0.385. The van der Waals surface area contributed by atoms with E-state index in [0.29, 0.717) is 18.5 Å². The maximum absolute atomic E-state index is 11.9. The van der Waals surface area contributed by atoms with Gasteiger partial charge in [0.2, 0.25) is 10.0 Å². The lowest BCUT2D eigenvalue weighted by Gasteiger charge is -2.14. The molecule has 7 nitrogen and oxygen atoms in total. The lowest BCUT2D eigenvalue weighted by Crippen LogP contribution is -2.43. The minimum absolute atomic E-state index is 0.0764. The zero-order valence-corrected chi connectivity index (χ0v) is 11.9. The Kier molecular flexibility index (Phi) is 3.42. The predicted octanol–water partition coefficient (Wildman–Crippen LogP) is 0.640. The number of nitrogens with one attached hydrogen (secondary N) is 2. The second kappa shape index (κ2) is 5.12. The Bertz CT molecular complexity index is 780. The minimum atomic E-state index is -3.54. The number of carbonyl (C=O) groups is 1. The molecule has 2 aromatic heterocycles. The third kappa shape index (κ3) is 2.91. The molecule has 2 aromatic rings. The Morgan fingerprint density at radius 2 is 2.29 bits per heavy atom. The monoisotopic (exact) mass is 309 g/mol. The fourth-order valence-corrected chi connectivity index (χ4v) is 3.78. The largest absolute Gasteiger partial charge is 0.480 e. The van der Waals surface area contributed by atoms with Crippen molar-refractivity contribution in [2.24, 2.45) is 0 Å². The standard InChI is InChI=1S/C13H15N3O4S/c17-13(18)11(16-21(19,20)9-3-4-9)6-8-7-15-12-10(8)2-1-5-14-12/h1-2,5,7,9,11,16H,3-4,6H2,(H,14,15)(H,17,18). The van der Waals surface area contributed by atoms with Gasteiger partial charge in [-0.3, -0.25) is 4.79 Å². The summed E-state index contributed by atoms with van der Waals surface area (Å²) in [6.45, 7) is 0. The summed E-state index contributed by atoms with van der Waals surface area (Å²) in [7, 11) is -3.54. The number of rotatable bonds is 6. The van der Waals surface area contributed by atoms with E-state index in [1.54, 1.807) is 18.5 Å². The lowest BCUT2D eigenvalue weighted by atomic mass is 10.1. The van der Waals surface area contributed by atoms with E-state index in [2.05, 4.69) is 14.7 Å². The predicted molar refractivity (Wildman–Crippen MR) is 76.3 cm³/mol. The molecule has 1 aliphatic rings. The average Bonchev–Trinajstić information content (AvgIpc) is 3.22. The second-order valence-electron chi connectivity index (χ2n) is 5.17. The van der Waals surface area contributed by atoms with Crippen LogP contribution < -0.4 is 4.72 Å². The van der Waals surface area contributed by atoms with Crippen molar-refractivity contribution in [2.75, 3.05) is 0 Å². The maximum atomic E-state index is 11.9. The number of fused-ring (bicyclic) bond motifs is 1. The summed E-state index contributed by atoms with van der Waals surface area (Å²) >= 11 is 0. The summed E-state index contributed by atoms with van der Waals surface area (Å²) in [4.78, 5) is 18.4. The van der Waals surface area contributed by atoms with E-state index in [1.807, 2.05) is 6.07 Å². The van der Waals surface area contributed by atoms with E-state index in [0.717, 1.165) is 10.9 Å². The summed E-state index contributed by atoms with van der Waals surface area (Å²) in [5.74, 6) is -1.18. The molecule has 0 aliphatic heterocycles. The van der Waals surface area contributed by atoms with Crippen LogP contribution in [0.25, 0.3) is 11.0 Å². The highest BCUT2D eigenvalue weighted by molar-refractivity contribution is 7.90. The van der Waals surface area contributed by atoms with Crippen molar-refractivity contribution in [3.63, 3.8) is 0 Å². The molecular formula is C13H15N3O4S. The highest BCUT2D eigenvalue weighted by atomic mass is 32.2. The molecule has 0 saturated heterocycles. The van der Waals surface area contributed by atoms with Crippen LogP contribution in [0.5, 0.6) is 0 Å². The first-order valence-corrected chi connectivity index (χ1v) is 8.17. The van der Waals surface area contributed by atoms with Crippen LogP contribution in [-0.2, 0) is 21.2 Å². The summed E-state index contributed by atoms with van der Waals surface area (Å²) in [6.07, 6.45) is 4.57. The molecule has 1 atom stereocenters. The van der Waals surface area contributed by atoms with Crippen molar-refractivity contribution >= 4 is 27.0 Å². The van der Waals surface area contributed by atoms with E-state index in [9.17, 15) is 18.3 Å². The van der Waals surface area contributed by atoms with Crippen molar-refractivity contribution in [2.45, 2.75) is 30.6 Å². The number of aromatic amines is 1. The molecule has 0 spiro atoms. The van der Waals surface area contributed by atoms with Gasteiger partial charge in [-0.15, -0.1) is 0 Å². The number of nitrogens with zero attached hydrogens (tertiary/aromatic N) is 1. The van der Waals surface area contributed by atoms with Crippen LogP contribution in [0.1, 0.15) is 18.4 Å². The number of aromatic nitrogens is 2. The smallest absolute Gasteiger partial charge is 0.322 e. The average molecular weight is 309 g/mol. The minimum Gasteiger partial charge on any atom is -0.480 e. The van der Waals surface area contributed by atoms with Gasteiger partial charge in [-0.2, -0.15) is 0 Å². The molecule has 21 heavy (non-hydrogen) atoms. The molecule has 0 amide bonds. The van der Waals surface area contributed by atoms with Crippen LogP contribution in [0.3, 0.4) is 0 Å². The van der Waals surface area contributed by atoms with Gasteiger partial charge >= 0.3 is 5.97 Å².